The number of carboxylic acid groups (broad SMARTS) is 1. The van der Waals surface area contributed by atoms with Crippen LogP contribution in [0, 0.1) is 5.41 Å². The Bertz CT molecular complexity index is 999. The second-order valence-electron chi connectivity index (χ2n) is 8.33. The number of alkyl halides is 3. The van der Waals surface area contributed by atoms with Gasteiger partial charge in [0.2, 0.25) is 0 Å². The van der Waals surface area contributed by atoms with E-state index < -0.39 is 12.1 Å². The molecule has 2 amide bonds. The van der Waals surface area contributed by atoms with Gasteiger partial charge in [0.05, 0.1) is 11.1 Å². The molecule has 1 aliphatic heterocycles. The lowest BCUT2D eigenvalue weighted by molar-refractivity contribution is -0.192. The highest BCUT2D eigenvalue weighted by molar-refractivity contribution is 5.94. The average Bonchev–Trinajstić information content (AvgIpc) is 3.23. The van der Waals surface area contributed by atoms with Crippen molar-refractivity contribution in [2.75, 3.05) is 13.1 Å². The zero-order valence-electron chi connectivity index (χ0n) is 18.0. The number of carboxylic acids is 1. The topological polar surface area (TPSA) is 105 Å². The highest BCUT2D eigenvalue weighted by Crippen LogP contribution is 2.49. The van der Waals surface area contributed by atoms with E-state index in [1.165, 1.54) is 0 Å². The number of aryl methyl sites for hydroxylation is 1. The van der Waals surface area contributed by atoms with Gasteiger partial charge in [0, 0.05) is 51.0 Å². The van der Waals surface area contributed by atoms with Crippen LogP contribution in [0.3, 0.4) is 0 Å². The first-order chi connectivity index (χ1) is 15.5. The first-order valence-corrected chi connectivity index (χ1v) is 10.4. The van der Waals surface area contributed by atoms with Gasteiger partial charge in [0.25, 0.3) is 11.8 Å². The first-order valence-electron chi connectivity index (χ1n) is 10.4. The Balaban J connectivity index is 0.000000383. The SMILES string of the molecule is Cn1ccc(C(=O)NC2CCC23CCN(C(=O)c2cccnc2)CC3)c1.O=C(O)C(F)(F)F. The number of nitrogens with one attached hydrogen (secondary N) is 1. The van der Waals surface area contributed by atoms with Crippen molar-refractivity contribution in [3.63, 3.8) is 0 Å². The van der Waals surface area contributed by atoms with Gasteiger partial charge in [-0.3, -0.25) is 14.6 Å². The zero-order chi connectivity index (χ0) is 24.2. The van der Waals surface area contributed by atoms with Gasteiger partial charge in [-0.05, 0) is 49.3 Å². The molecule has 1 aliphatic carbocycles. The number of rotatable bonds is 3. The minimum Gasteiger partial charge on any atom is -0.475 e. The third-order valence-electron chi connectivity index (χ3n) is 6.27. The van der Waals surface area contributed by atoms with E-state index in [4.69, 9.17) is 9.90 Å². The number of carbonyl (C=O) groups excluding carboxylic acids is 2. The molecule has 33 heavy (non-hydrogen) atoms. The standard InChI is InChI=1S/C20H24N4O2.C2HF3O2/c1-23-10-5-16(14-23)18(25)22-17-4-6-20(17)7-11-24(12-8-20)19(26)15-3-2-9-21-13-15;3-2(4,5)1(6)7/h2-3,5,9-10,13-14,17H,4,6-8,11-12H2,1H3,(H,22,25);(H,6,7). The Morgan fingerprint density at radius 1 is 1.15 bits per heavy atom. The summed E-state index contributed by atoms with van der Waals surface area (Å²) in [7, 11) is 1.91. The number of hydrogen-bond acceptors (Lipinski definition) is 4. The molecule has 1 saturated carbocycles. The van der Waals surface area contributed by atoms with Gasteiger partial charge in [-0.2, -0.15) is 13.2 Å². The van der Waals surface area contributed by atoms with Crippen molar-refractivity contribution in [3.8, 4) is 0 Å². The molecule has 2 aliphatic rings. The predicted molar refractivity (Wildman–Crippen MR) is 111 cm³/mol. The number of piperidine rings is 1. The second kappa shape index (κ2) is 9.63. The third kappa shape index (κ3) is 5.71. The summed E-state index contributed by atoms with van der Waals surface area (Å²) in [5, 5.41) is 10.3. The molecular weight excluding hydrogens is 441 g/mol. The summed E-state index contributed by atoms with van der Waals surface area (Å²) in [4.78, 5) is 39.9. The van der Waals surface area contributed by atoms with Gasteiger partial charge < -0.3 is 19.9 Å². The highest BCUT2D eigenvalue weighted by Gasteiger charge is 2.49. The fraction of sp³-hybridized carbons (Fsp3) is 0.455. The van der Waals surface area contributed by atoms with E-state index in [-0.39, 0.29) is 23.3 Å². The van der Waals surface area contributed by atoms with Gasteiger partial charge >= 0.3 is 12.1 Å². The summed E-state index contributed by atoms with van der Waals surface area (Å²) in [5.74, 6) is -2.70. The number of aromatic nitrogens is 2. The number of halogens is 3. The Morgan fingerprint density at radius 2 is 1.82 bits per heavy atom. The monoisotopic (exact) mass is 466 g/mol. The molecule has 0 aromatic carbocycles. The average molecular weight is 466 g/mol. The summed E-state index contributed by atoms with van der Waals surface area (Å²) in [6.07, 6.45) is 5.98. The van der Waals surface area contributed by atoms with Crippen LogP contribution in [0.15, 0.2) is 43.0 Å². The Labute approximate surface area is 188 Å². The van der Waals surface area contributed by atoms with E-state index in [1.54, 1.807) is 18.5 Å². The van der Waals surface area contributed by atoms with E-state index in [1.807, 2.05) is 41.0 Å². The maximum absolute atomic E-state index is 12.6. The summed E-state index contributed by atoms with van der Waals surface area (Å²) in [6.45, 7) is 1.48. The number of aliphatic carboxylic acids is 1. The fourth-order valence-electron chi connectivity index (χ4n) is 4.23. The van der Waals surface area contributed by atoms with Gasteiger partial charge in [-0.1, -0.05) is 0 Å². The van der Waals surface area contributed by atoms with Crippen LogP contribution in [0.5, 0.6) is 0 Å². The number of carbonyl (C=O) groups is 3. The molecule has 0 bridgehead atoms. The molecule has 11 heteroatoms. The quantitative estimate of drug-likeness (QED) is 0.724. The summed E-state index contributed by atoms with van der Waals surface area (Å²) < 4.78 is 33.6. The van der Waals surface area contributed by atoms with Crippen molar-refractivity contribution in [2.45, 2.75) is 37.9 Å². The molecule has 1 unspecified atom stereocenters. The van der Waals surface area contributed by atoms with Crippen molar-refractivity contribution in [1.82, 2.24) is 19.8 Å². The Hall–Kier alpha value is -3.37. The van der Waals surface area contributed by atoms with Crippen LogP contribution in [-0.4, -0.2) is 62.6 Å². The number of nitrogens with zero attached hydrogens (tertiary/aromatic N) is 3. The molecule has 4 rings (SSSR count). The molecular formula is C22H25F3N4O4. The summed E-state index contributed by atoms with van der Waals surface area (Å²) in [5.41, 5.74) is 1.50. The van der Waals surface area contributed by atoms with Gasteiger partial charge in [0.15, 0.2) is 0 Å². The largest absolute Gasteiger partial charge is 0.490 e. The van der Waals surface area contributed by atoms with Crippen LogP contribution in [0.2, 0.25) is 0 Å². The molecule has 3 heterocycles. The lowest BCUT2D eigenvalue weighted by Crippen LogP contribution is -2.59. The van der Waals surface area contributed by atoms with Crippen molar-refractivity contribution in [2.24, 2.45) is 12.5 Å². The van der Waals surface area contributed by atoms with E-state index in [9.17, 15) is 22.8 Å². The molecule has 1 spiro atoms. The van der Waals surface area contributed by atoms with Crippen molar-refractivity contribution >= 4 is 17.8 Å². The number of hydrogen-bond donors (Lipinski definition) is 2. The van der Waals surface area contributed by atoms with Crippen LogP contribution >= 0.6 is 0 Å². The van der Waals surface area contributed by atoms with Crippen LogP contribution < -0.4 is 5.32 Å². The van der Waals surface area contributed by atoms with Crippen LogP contribution in [0.25, 0.3) is 0 Å². The molecule has 0 radical (unpaired) electrons. The molecule has 1 atom stereocenters. The Morgan fingerprint density at radius 3 is 2.27 bits per heavy atom. The van der Waals surface area contributed by atoms with Crippen molar-refractivity contribution in [3.05, 3.63) is 54.1 Å². The van der Waals surface area contributed by atoms with Gasteiger partial charge in [-0.25, -0.2) is 4.79 Å². The lowest BCUT2D eigenvalue weighted by Gasteiger charge is -2.54. The van der Waals surface area contributed by atoms with Crippen molar-refractivity contribution in [1.29, 1.82) is 0 Å². The van der Waals surface area contributed by atoms with E-state index in [2.05, 4.69) is 10.3 Å². The maximum atomic E-state index is 12.6. The first kappa shape index (κ1) is 24.3. The minimum absolute atomic E-state index is 0.00328. The molecule has 2 aromatic heterocycles. The number of pyridine rings is 1. The van der Waals surface area contributed by atoms with Crippen LogP contribution in [-0.2, 0) is 11.8 Å². The number of amides is 2. The maximum Gasteiger partial charge on any atom is 0.490 e. The molecule has 2 aromatic rings. The zero-order valence-corrected chi connectivity index (χ0v) is 18.0. The minimum atomic E-state index is -5.08. The Kier molecular flexibility index (Phi) is 7.09. The van der Waals surface area contributed by atoms with Gasteiger partial charge in [0.1, 0.15) is 0 Å². The van der Waals surface area contributed by atoms with E-state index >= 15 is 0 Å². The lowest BCUT2D eigenvalue weighted by atomic mass is 9.59. The van der Waals surface area contributed by atoms with E-state index in [0.717, 1.165) is 38.8 Å². The molecule has 2 N–H and O–H groups in total. The number of likely N-dealkylation sites (tertiary alicyclic amines) is 1. The van der Waals surface area contributed by atoms with Crippen LogP contribution in [0.4, 0.5) is 13.2 Å². The highest BCUT2D eigenvalue weighted by atomic mass is 19.4. The molecule has 1 saturated heterocycles. The second-order valence-corrected chi connectivity index (χ2v) is 8.33. The van der Waals surface area contributed by atoms with Crippen LogP contribution in [0.1, 0.15) is 46.4 Å². The predicted octanol–water partition coefficient (Wildman–Crippen LogP) is 2.87. The normalized spacial score (nSPS) is 19.2. The third-order valence-corrected chi connectivity index (χ3v) is 6.27. The van der Waals surface area contributed by atoms with Crippen molar-refractivity contribution < 1.29 is 32.7 Å². The van der Waals surface area contributed by atoms with E-state index in [0.29, 0.717) is 11.1 Å². The molecule has 8 nitrogen and oxygen atoms in total. The smallest absolute Gasteiger partial charge is 0.475 e. The summed E-state index contributed by atoms with van der Waals surface area (Å²) in [6, 6.07) is 5.66. The fourth-order valence-corrected chi connectivity index (χ4v) is 4.23. The molecule has 178 valence electrons. The molecule has 2 fully saturated rings. The van der Waals surface area contributed by atoms with Gasteiger partial charge in [-0.15, -0.1) is 0 Å². The summed E-state index contributed by atoms with van der Waals surface area (Å²) >= 11 is 0.